The van der Waals surface area contributed by atoms with E-state index < -0.39 is 0 Å². The van der Waals surface area contributed by atoms with Gasteiger partial charge in [0, 0.05) is 5.41 Å². The molecule has 1 saturated carbocycles. The fourth-order valence-corrected chi connectivity index (χ4v) is 2.59. The van der Waals surface area contributed by atoms with Gasteiger partial charge in [-0.3, -0.25) is 0 Å². The molecule has 17 heavy (non-hydrogen) atoms. The molecule has 0 saturated heterocycles. The Labute approximate surface area is 103 Å². The minimum atomic E-state index is -0.324. The zero-order valence-electron chi connectivity index (χ0n) is 11.3. The molecule has 1 heterocycles. The fourth-order valence-electron chi connectivity index (χ4n) is 2.59. The van der Waals surface area contributed by atoms with Crippen LogP contribution in [0.3, 0.4) is 0 Å². The summed E-state index contributed by atoms with van der Waals surface area (Å²) in [7, 11) is 0. The van der Waals surface area contributed by atoms with E-state index in [0.717, 1.165) is 31.6 Å². The van der Waals surface area contributed by atoms with Crippen LogP contribution in [-0.2, 0) is 11.0 Å². The molecule has 96 valence electrons. The molecule has 0 aromatic carbocycles. The van der Waals surface area contributed by atoms with Crippen LogP contribution in [0.4, 0.5) is 0 Å². The van der Waals surface area contributed by atoms with Gasteiger partial charge in [-0.2, -0.15) is 4.98 Å². The lowest BCUT2D eigenvalue weighted by molar-refractivity contribution is 0.226. The number of rotatable bonds is 4. The van der Waals surface area contributed by atoms with Gasteiger partial charge in [0.1, 0.15) is 0 Å². The maximum Gasteiger partial charge on any atom is 0.232 e. The Morgan fingerprint density at radius 2 is 2.06 bits per heavy atom. The van der Waals surface area contributed by atoms with E-state index in [4.69, 9.17) is 10.3 Å². The summed E-state index contributed by atoms with van der Waals surface area (Å²) in [6.07, 6.45) is 4.13. The number of nitrogens with zero attached hydrogens (tertiary/aromatic N) is 2. The monoisotopic (exact) mass is 237 g/mol. The van der Waals surface area contributed by atoms with Crippen molar-refractivity contribution >= 4 is 0 Å². The van der Waals surface area contributed by atoms with Crippen molar-refractivity contribution in [1.29, 1.82) is 0 Å². The quantitative estimate of drug-likeness (QED) is 0.874. The van der Waals surface area contributed by atoms with Crippen LogP contribution >= 0.6 is 0 Å². The lowest BCUT2D eigenvalue weighted by Gasteiger charge is -2.34. The van der Waals surface area contributed by atoms with Crippen molar-refractivity contribution in [2.75, 3.05) is 0 Å². The maximum absolute atomic E-state index is 6.20. The van der Waals surface area contributed by atoms with Crippen molar-refractivity contribution in [2.24, 2.45) is 11.7 Å². The normalized spacial score (nSPS) is 19.4. The molecular formula is C13H23N3O. The smallest absolute Gasteiger partial charge is 0.232 e. The van der Waals surface area contributed by atoms with Crippen molar-refractivity contribution in [3.63, 3.8) is 0 Å². The van der Waals surface area contributed by atoms with Gasteiger partial charge in [-0.15, -0.1) is 0 Å². The Kier molecular flexibility index (Phi) is 3.02. The van der Waals surface area contributed by atoms with Crippen molar-refractivity contribution in [3.8, 4) is 0 Å². The number of nitrogens with two attached hydrogens (primary N) is 1. The zero-order valence-corrected chi connectivity index (χ0v) is 11.3. The highest BCUT2D eigenvalue weighted by Gasteiger charge is 2.40. The first-order valence-corrected chi connectivity index (χ1v) is 6.47. The zero-order chi connectivity index (χ0) is 12.7. The molecule has 0 radical (unpaired) electrons. The largest absolute Gasteiger partial charge is 0.339 e. The maximum atomic E-state index is 6.20. The summed E-state index contributed by atoms with van der Waals surface area (Å²) in [5.41, 5.74) is 5.80. The third kappa shape index (κ3) is 2.37. The standard InChI is InChI=1S/C13H23N3O/c1-9(2)8-12(3,4)11-15-10(16-17-11)13(14)6-5-7-13/h9H,5-8,14H2,1-4H3. The molecule has 0 aliphatic heterocycles. The van der Waals surface area contributed by atoms with E-state index in [1.807, 2.05) is 0 Å². The van der Waals surface area contributed by atoms with E-state index in [1.54, 1.807) is 0 Å². The summed E-state index contributed by atoms with van der Waals surface area (Å²) in [6.45, 7) is 8.70. The van der Waals surface area contributed by atoms with E-state index >= 15 is 0 Å². The topological polar surface area (TPSA) is 64.9 Å². The van der Waals surface area contributed by atoms with Crippen LogP contribution in [0, 0.1) is 5.92 Å². The average Bonchev–Trinajstić information content (AvgIpc) is 2.61. The first kappa shape index (κ1) is 12.6. The molecule has 0 atom stereocenters. The Morgan fingerprint density at radius 3 is 2.53 bits per heavy atom. The van der Waals surface area contributed by atoms with Crippen LogP contribution in [-0.4, -0.2) is 10.1 Å². The molecule has 0 spiro atoms. The molecule has 4 nitrogen and oxygen atoms in total. The molecule has 1 aromatic heterocycles. The minimum absolute atomic E-state index is 0.0699. The van der Waals surface area contributed by atoms with Gasteiger partial charge in [-0.25, -0.2) is 0 Å². The van der Waals surface area contributed by atoms with E-state index in [9.17, 15) is 0 Å². The van der Waals surface area contributed by atoms with E-state index in [0.29, 0.717) is 11.7 Å². The molecule has 0 bridgehead atoms. The lowest BCUT2D eigenvalue weighted by atomic mass is 9.77. The molecule has 4 heteroatoms. The first-order chi connectivity index (χ1) is 7.83. The van der Waals surface area contributed by atoms with Crippen LogP contribution in [0.1, 0.15) is 65.1 Å². The first-order valence-electron chi connectivity index (χ1n) is 6.47. The highest BCUT2D eigenvalue weighted by Crippen LogP contribution is 2.38. The fraction of sp³-hybridized carbons (Fsp3) is 0.846. The molecule has 2 N–H and O–H groups in total. The van der Waals surface area contributed by atoms with Crippen molar-refractivity contribution in [3.05, 3.63) is 11.7 Å². The second-order valence-electron chi connectivity index (χ2n) is 6.41. The van der Waals surface area contributed by atoms with E-state index in [-0.39, 0.29) is 11.0 Å². The van der Waals surface area contributed by atoms with Crippen LogP contribution in [0.25, 0.3) is 0 Å². The van der Waals surface area contributed by atoms with Gasteiger partial charge in [0.05, 0.1) is 5.54 Å². The van der Waals surface area contributed by atoms with Gasteiger partial charge < -0.3 is 10.3 Å². The van der Waals surface area contributed by atoms with Gasteiger partial charge in [0.25, 0.3) is 0 Å². The van der Waals surface area contributed by atoms with Crippen molar-refractivity contribution < 1.29 is 4.52 Å². The Hall–Kier alpha value is -0.900. The van der Waals surface area contributed by atoms with Gasteiger partial charge >= 0.3 is 0 Å². The van der Waals surface area contributed by atoms with Gasteiger partial charge in [0.15, 0.2) is 5.82 Å². The van der Waals surface area contributed by atoms with Crippen LogP contribution in [0.15, 0.2) is 4.52 Å². The third-order valence-corrected chi connectivity index (χ3v) is 3.61. The summed E-state index contributed by atoms with van der Waals surface area (Å²) in [6, 6.07) is 0. The van der Waals surface area contributed by atoms with Crippen LogP contribution in [0.2, 0.25) is 0 Å². The molecule has 2 rings (SSSR count). The number of hydrogen-bond donors (Lipinski definition) is 1. The highest BCUT2D eigenvalue weighted by atomic mass is 16.5. The summed E-state index contributed by atoms with van der Waals surface area (Å²) < 4.78 is 5.41. The molecule has 1 fully saturated rings. The Bertz CT molecular complexity index is 391. The summed E-state index contributed by atoms with van der Waals surface area (Å²) in [5, 5.41) is 4.07. The Balaban J connectivity index is 2.17. The number of hydrogen-bond acceptors (Lipinski definition) is 4. The molecule has 1 aromatic rings. The molecule has 0 amide bonds. The second kappa shape index (κ2) is 4.09. The predicted molar refractivity (Wildman–Crippen MR) is 66.5 cm³/mol. The molecule has 1 aliphatic carbocycles. The predicted octanol–water partition coefficient (Wildman–Crippen LogP) is 2.73. The minimum Gasteiger partial charge on any atom is -0.339 e. The number of aromatic nitrogens is 2. The summed E-state index contributed by atoms with van der Waals surface area (Å²) in [5.74, 6) is 2.02. The molecule has 1 aliphatic rings. The van der Waals surface area contributed by atoms with E-state index in [1.165, 1.54) is 0 Å². The summed E-state index contributed by atoms with van der Waals surface area (Å²) >= 11 is 0. The highest BCUT2D eigenvalue weighted by molar-refractivity contribution is 5.11. The average molecular weight is 237 g/mol. The SMILES string of the molecule is CC(C)CC(C)(C)c1nc(C2(N)CCC2)no1. The van der Waals surface area contributed by atoms with Gasteiger partial charge in [-0.05, 0) is 31.6 Å². The van der Waals surface area contributed by atoms with Gasteiger partial charge in [-0.1, -0.05) is 32.9 Å². The third-order valence-electron chi connectivity index (χ3n) is 3.61. The second-order valence-corrected chi connectivity index (χ2v) is 6.41. The lowest BCUT2D eigenvalue weighted by Crippen LogP contribution is -2.44. The Morgan fingerprint density at radius 1 is 1.41 bits per heavy atom. The van der Waals surface area contributed by atoms with E-state index in [2.05, 4.69) is 37.8 Å². The molecular weight excluding hydrogens is 214 g/mol. The van der Waals surface area contributed by atoms with Crippen molar-refractivity contribution in [2.45, 2.75) is 64.3 Å². The molecule has 0 unspecified atom stereocenters. The summed E-state index contributed by atoms with van der Waals surface area (Å²) in [4.78, 5) is 4.53. The van der Waals surface area contributed by atoms with Crippen LogP contribution in [0.5, 0.6) is 0 Å². The van der Waals surface area contributed by atoms with Crippen LogP contribution < -0.4 is 5.73 Å². The van der Waals surface area contributed by atoms with Crippen molar-refractivity contribution in [1.82, 2.24) is 10.1 Å². The van der Waals surface area contributed by atoms with Gasteiger partial charge in [0.2, 0.25) is 5.89 Å².